The Balaban J connectivity index is 2.29. The first-order valence-corrected chi connectivity index (χ1v) is 8.98. The molecule has 1 aromatic rings. The summed E-state index contributed by atoms with van der Waals surface area (Å²) in [6.07, 6.45) is 0.709. The quantitative estimate of drug-likeness (QED) is 0.773. The van der Waals surface area contributed by atoms with Crippen LogP contribution >= 0.6 is 23.1 Å². The highest BCUT2D eigenvalue weighted by Crippen LogP contribution is 2.31. The summed E-state index contributed by atoms with van der Waals surface area (Å²) in [5.74, 6) is 0.154. The molecule has 1 aliphatic rings. The molecule has 21 heavy (non-hydrogen) atoms. The van der Waals surface area contributed by atoms with Gasteiger partial charge in [-0.3, -0.25) is 4.99 Å². The van der Waals surface area contributed by atoms with Gasteiger partial charge in [0.2, 0.25) is 0 Å². The molecule has 0 saturated carbocycles. The Morgan fingerprint density at radius 2 is 2.10 bits per heavy atom. The molecule has 2 rings (SSSR count). The summed E-state index contributed by atoms with van der Waals surface area (Å²) in [6, 6.07) is 0. The fourth-order valence-corrected chi connectivity index (χ4v) is 4.24. The third-order valence-electron chi connectivity index (χ3n) is 2.81. The van der Waals surface area contributed by atoms with Crippen LogP contribution in [0.25, 0.3) is 0 Å². The number of carbonyl (C=O) groups is 1. The Morgan fingerprint density at radius 1 is 1.38 bits per heavy atom. The van der Waals surface area contributed by atoms with Gasteiger partial charge in [-0.15, -0.1) is 11.3 Å². The van der Waals surface area contributed by atoms with E-state index in [1.54, 1.807) is 23.1 Å². The SMILES string of the molecule is CC(C)Cc1sc(C2=NCC(C)S2)nc1C(=O)OC(C)C. The maximum atomic E-state index is 12.2. The van der Waals surface area contributed by atoms with E-state index in [0.717, 1.165) is 27.9 Å². The van der Waals surface area contributed by atoms with Crippen molar-refractivity contribution >= 4 is 34.1 Å². The van der Waals surface area contributed by atoms with Crippen LogP contribution in [0.5, 0.6) is 0 Å². The Kier molecular flexibility index (Phi) is 5.43. The molecule has 0 spiro atoms. The summed E-state index contributed by atoms with van der Waals surface area (Å²) >= 11 is 3.31. The van der Waals surface area contributed by atoms with Gasteiger partial charge in [-0.25, -0.2) is 9.78 Å². The van der Waals surface area contributed by atoms with Gasteiger partial charge >= 0.3 is 5.97 Å². The number of hydrogen-bond donors (Lipinski definition) is 0. The van der Waals surface area contributed by atoms with Gasteiger partial charge in [0.05, 0.1) is 12.6 Å². The van der Waals surface area contributed by atoms with Gasteiger partial charge in [-0.05, 0) is 26.2 Å². The molecule has 4 nitrogen and oxygen atoms in total. The Bertz CT molecular complexity index is 550. The molecule has 0 N–H and O–H groups in total. The van der Waals surface area contributed by atoms with Crippen LogP contribution in [0.3, 0.4) is 0 Å². The minimum absolute atomic E-state index is 0.132. The van der Waals surface area contributed by atoms with E-state index in [4.69, 9.17) is 4.74 Å². The second kappa shape index (κ2) is 6.92. The van der Waals surface area contributed by atoms with Crippen molar-refractivity contribution in [1.29, 1.82) is 0 Å². The fourth-order valence-electron chi connectivity index (χ4n) is 1.98. The van der Waals surface area contributed by atoms with Crippen molar-refractivity contribution in [2.75, 3.05) is 6.54 Å². The molecule has 0 radical (unpaired) electrons. The third kappa shape index (κ3) is 4.30. The second-order valence-corrected chi connectivity index (χ2v) is 8.43. The number of thiazole rings is 1. The van der Waals surface area contributed by atoms with Crippen LogP contribution in [-0.2, 0) is 11.2 Å². The van der Waals surface area contributed by atoms with Gasteiger partial charge < -0.3 is 4.74 Å². The molecule has 6 heteroatoms. The topological polar surface area (TPSA) is 51.5 Å². The zero-order chi connectivity index (χ0) is 15.6. The van der Waals surface area contributed by atoms with Gasteiger partial charge in [0.25, 0.3) is 0 Å². The lowest BCUT2D eigenvalue weighted by Crippen LogP contribution is -2.14. The molecule has 1 atom stereocenters. The number of rotatable bonds is 5. The largest absolute Gasteiger partial charge is 0.458 e. The van der Waals surface area contributed by atoms with Gasteiger partial charge in [0, 0.05) is 10.1 Å². The molecule has 0 amide bonds. The molecular formula is C15H22N2O2S2. The molecule has 1 aliphatic heterocycles. The van der Waals surface area contributed by atoms with Crippen LogP contribution in [-0.4, -0.2) is 33.9 Å². The first-order valence-electron chi connectivity index (χ1n) is 7.29. The summed E-state index contributed by atoms with van der Waals surface area (Å²) in [5, 5.41) is 2.31. The van der Waals surface area contributed by atoms with Crippen molar-refractivity contribution in [1.82, 2.24) is 4.98 Å². The molecule has 0 fully saturated rings. The number of carbonyl (C=O) groups excluding carboxylic acids is 1. The van der Waals surface area contributed by atoms with Crippen LogP contribution in [0.2, 0.25) is 0 Å². The predicted octanol–water partition coefficient (Wildman–Crippen LogP) is 3.79. The molecule has 0 saturated heterocycles. The van der Waals surface area contributed by atoms with Crippen molar-refractivity contribution in [2.45, 2.75) is 52.4 Å². The lowest BCUT2D eigenvalue weighted by Gasteiger charge is -2.08. The van der Waals surface area contributed by atoms with Gasteiger partial charge in [0.15, 0.2) is 5.69 Å². The van der Waals surface area contributed by atoms with E-state index in [1.165, 1.54) is 0 Å². The smallest absolute Gasteiger partial charge is 0.358 e. The van der Waals surface area contributed by atoms with Crippen molar-refractivity contribution in [3.8, 4) is 0 Å². The molecule has 116 valence electrons. The Labute approximate surface area is 134 Å². The lowest BCUT2D eigenvalue weighted by atomic mass is 10.1. The monoisotopic (exact) mass is 326 g/mol. The lowest BCUT2D eigenvalue weighted by molar-refractivity contribution is 0.0370. The average Bonchev–Trinajstić information content (AvgIpc) is 2.94. The number of aliphatic imine (C=N–C) groups is 1. The van der Waals surface area contributed by atoms with Crippen molar-refractivity contribution < 1.29 is 9.53 Å². The van der Waals surface area contributed by atoms with Gasteiger partial charge in [0.1, 0.15) is 10.1 Å². The second-order valence-electron chi connectivity index (χ2n) is 5.92. The van der Waals surface area contributed by atoms with Crippen LogP contribution in [0, 0.1) is 5.92 Å². The van der Waals surface area contributed by atoms with Crippen molar-refractivity contribution in [2.24, 2.45) is 10.9 Å². The zero-order valence-corrected chi connectivity index (χ0v) is 14.8. The standard InChI is InChI=1S/C15H22N2O2S2/c1-8(2)6-11-12(15(18)19-9(3)4)17-14(21-11)13-16-7-10(5)20-13/h8-10H,6-7H2,1-5H3. The summed E-state index contributed by atoms with van der Waals surface area (Å²) in [4.78, 5) is 22.3. The number of nitrogens with zero attached hydrogens (tertiary/aromatic N) is 2. The summed E-state index contributed by atoms with van der Waals surface area (Å²) in [5.41, 5.74) is 0.472. The fraction of sp³-hybridized carbons (Fsp3) is 0.667. The number of aromatic nitrogens is 1. The number of thioether (sulfide) groups is 1. The first kappa shape index (κ1) is 16.5. The number of ether oxygens (including phenoxy) is 1. The Hall–Kier alpha value is -0.880. The molecule has 0 aromatic carbocycles. The molecule has 0 aliphatic carbocycles. The molecule has 1 aromatic heterocycles. The highest BCUT2D eigenvalue weighted by molar-refractivity contribution is 8.15. The minimum atomic E-state index is -0.320. The van der Waals surface area contributed by atoms with E-state index in [1.807, 2.05) is 13.8 Å². The van der Waals surface area contributed by atoms with E-state index in [-0.39, 0.29) is 12.1 Å². The number of esters is 1. The van der Waals surface area contributed by atoms with E-state index in [2.05, 4.69) is 30.7 Å². The number of hydrogen-bond acceptors (Lipinski definition) is 6. The summed E-state index contributed by atoms with van der Waals surface area (Å²) in [7, 11) is 0. The maximum Gasteiger partial charge on any atom is 0.358 e. The molecular weight excluding hydrogens is 304 g/mol. The van der Waals surface area contributed by atoms with Crippen molar-refractivity contribution in [3.05, 3.63) is 15.6 Å². The highest BCUT2D eigenvalue weighted by Gasteiger charge is 2.25. The van der Waals surface area contributed by atoms with E-state index in [0.29, 0.717) is 16.9 Å². The van der Waals surface area contributed by atoms with E-state index in [9.17, 15) is 4.79 Å². The molecule has 0 bridgehead atoms. The van der Waals surface area contributed by atoms with Crippen LogP contribution in [0.4, 0.5) is 0 Å². The zero-order valence-electron chi connectivity index (χ0n) is 13.2. The maximum absolute atomic E-state index is 12.2. The van der Waals surface area contributed by atoms with Crippen LogP contribution in [0.1, 0.15) is 55.0 Å². The first-order chi connectivity index (χ1) is 9.86. The average molecular weight is 326 g/mol. The van der Waals surface area contributed by atoms with Gasteiger partial charge in [-0.1, -0.05) is 32.5 Å². The predicted molar refractivity (Wildman–Crippen MR) is 89.7 cm³/mol. The summed E-state index contributed by atoms with van der Waals surface area (Å²) < 4.78 is 5.31. The van der Waals surface area contributed by atoms with E-state index >= 15 is 0 Å². The third-order valence-corrected chi connectivity index (χ3v) is 5.13. The highest BCUT2D eigenvalue weighted by atomic mass is 32.2. The summed E-state index contributed by atoms with van der Waals surface area (Å²) in [6.45, 7) is 11.0. The normalized spacial score (nSPS) is 18.4. The Morgan fingerprint density at radius 3 is 2.62 bits per heavy atom. The van der Waals surface area contributed by atoms with Gasteiger partial charge in [-0.2, -0.15) is 0 Å². The molecule has 1 unspecified atom stereocenters. The van der Waals surface area contributed by atoms with E-state index < -0.39 is 0 Å². The van der Waals surface area contributed by atoms with Crippen LogP contribution < -0.4 is 0 Å². The van der Waals surface area contributed by atoms with Crippen molar-refractivity contribution in [3.63, 3.8) is 0 Å². The molecule has 2 heterocycles. The van der Waals surface area contributed by atoms with Crippen LogP contribution in [0.15, 0.2) is 4.99 Å². The minimum Gasteiger partial charge on any atom is -0.458 e.